The van der Waals surface area contributed by atoms with Crippen molar-refractivity contribution < 1.29 is 17.9 Å². The Balaban J connectivity index is 2.50. The number of rotatable bonds is 2. The van der Waals surface area contributed by atoms with Crippen LogP contribution in [0, 0.1) is 11.3 Å². The number of halogens is 3. The lowest BCUT2D eigenvalue weighted by Crippen LogP contribution is -2.18. The maximum absolute atomic E-state index is 12.0. The smallest absolute Gasteiger partial charge is 0.406 e. The third-order valence-corrected chi connectivity index (χ3v) is 2.21. The van der Waals surface area contributed by atoms with Crippen molar-refractivity contribution in [1.82, 2.24) is 9.97 Å². The van der Waals surface area contributed by atoms with Crippen molar-refractivity contribution in [3.63, 3.8) is 0 Å². The van der Waals surface area contributed by atoms with Crippen LogP contribution in [0.1, 0.15) is 5.82 Å². The van der Waals surface area contributed by atoms with E-state index in [2.05, 4.69) is 14.7 Å². The minimum absolute atomic E-state index is 0.0385. The SMILES string of the molecule is N#CCc1nc2ccc(OC(F)(F)F)cc2c(=O)[nH]1. The Hall–Kier alpha value is -2.56. The maximum Gasteiger partial charge on any atom is 0.573 e. The number of H-pyrrole nitrogens is 1. The second-order valence-corrected chi connectivity index (χ2v) is 3.57. The summed E-state index contributed by atoms with van der Waals surface area (Å²) in [4.78, 5) is 17.9. The van der Waals surface area contributed by atoms with E-state index in [1.807, 2.05) is 6.07 Å². The van der Waals surface area contributed by atoms with E-state index in [4.69, 9.17) is 5.26 Å². The number of nitrogens with one attached hydrogen (secondary N) is 1. The minimum Gasteiger partial charge on any atom is -0.406 e. The first-order valence-corrected chi connectivity index (χ1v) is 5.05. The van der Waals surface area contributed by atoms with Crippen LogP contribution in [0.15, 0.2) is 23.0 Å². The minimum atomic E-state index is -4.82. The molecule has 2 rings (SSSR count). The summed E-state index contributed by atoms with van der Waals surface area (Å²) in [6.07, 6.45) is -4.92. The topological polar surface area (TPSA) is 78.8 Å². The Morgan fingerprint density at radius 2 is 2.16 bits per heavy atom. The highest BCUT2D eigenvalue weighted by Gasteiger charge is 2.31. The van der Waals surface area contributed by atoms with Crippen LogP contribution in [0.2, 0.25) is 0 Å². The molecule has 0 aliphatic carbocycles. The lowest BCUT2D eigenvalue weighted by Gasteiger charge is -2.09. The van der Waals surface area contributed by atoms with Crippen LogP contribution < -0.4 is 10.3 Å². The molecule has 0 amide bonds. The van der Waals surface area contributed by atoms with E-state index >= 15 is 0 Å². The van der Waals surface area contributed by atoms with Gasteiger partial charge in [-0.3, -0.25) is 4.79 Å². The number of nitriles is 1. The van der Waals surface area contributed by atoms with Gasteiger partial charge in [0.05, 0.1) is 23.4 Å². The Morgan fingerprint density at radius 3 is 2.79 bits per heavy atom. The first-order chi connectivity index (χ1) is 8.89. The van der Waals surface area contributed by atoms with Crippen LogP contribution in [-0.2, 0) is 6.42 Å². The summed E-state index contributed by atoms with van der Waals surface area (Å²) in [5, 5.41) is 8.46. The first kappa shape index (κ1) is 12.9. The molecule has 1 aromatic heterocycles. The molecule has 1 heterocycles. The van der Waals surface area contributed by atoms with Crippen LogP contribution in [-0.4, -0.2) is 16.3 Å². The van der Waals surface area contributed by atoms with Gasteiger partial charge in [0.15, 0.2) is 0 Å². The molecule has 19 heavy (non-hydrogen) atoms. The van der Waals surface area contributed by atoms with Crippen molar-refractivity contribution >= 4 is 10.9 Å². The molecule has 0 bridgehead atoms. The fourth-order valence-corrected chi connectivity index (χ4v) is 1.52. The standard InChI is InChI=1S/C11H6F3N3O2/c12-11(13,14)19-6-1-2-8-7(5-6)10(18)17-9(16-8)3-4-15/h1-2,5H,3H2,(H,16,17,18). The van der Waals surface area contributed by atoms with Gasteiger partial charge in [-0.25, -0.2) is 4.98 Å². The van der Waals surface area contributed by atoms with Gasteiger partial charge in [-0.1, -0.05) is 0 Å². The number of alkyl halides is 3. The maximum atomic E-state index is 12.0. The zero-order valence-electron chi connectivity index (χ0n) is 9.28. The highest BCUT2D eigenvalue weighted by Crippen LogP contribution is 2.24. The van der Waals surface area contributed by atoms with Gasteiger partial charge in [-0.2, -0.15) is 5.26 Å². The average Bonchev–Trinajstić information content (AvgIpc) is 2.28. The molecule has 0 saturated heterocycles. The quantitative estimate of drug-likeness (QED) is 0.902. The summed E-state index contributed by atoms with van der Waals surface area (Å²) in [7, 11) is 0. The van der Waals surface area contributed by atoms with Crippen LogP contribution in [0.5, 0.6) is 5.75 Å². The fraction of sp³-hybridized carbons (Fsp3) is 0.182. The van der Waals surface area contributed by atoms with Crippen LogP contribution in [0.25, 0.3) is 10.9 Å². The van der Waals surface area contributed by atoms with E-state index in [0.717, 1.165) is 12.1 Å². The molecule has 1 N–H and O–H groups in total. The Morgan fingerprint density at radius 1 is 1.42 bits per heavy atom. The number of benzene rings is 1. The van der Waals surface area contributed by atoms with Gasteiger partial charge in [0, 0.05) is 0 Å². The van der Waals surface area contributed by atoms with Gasteiger partial charge in [0.2, 0.25) is 0 Å². The Kier molecular flexibility index (Phi) is 3.12. The molecular weight excluding hydrogens is 263 g/mol. The second-order valence-electron chi connectivity index (χ2n) is 3.57. The number of hydrogen-bond acceptors (Lipinski definition) is 4. The lowest BCUT2D eigenvalue weighted by atomic mass is 10.2. The summed E-state index contributed by atoms with van der Waals surface area (Å²) in [6, 6.07) is 5.04. The molecule has 5 nitrogen and oxygen atoms in total. The van der Waals surface area contributed by atoms with Gasteiger partial charge in [-0.05, 0) is 18.2 Å². The van der Waals surface area contributed by atoms with Crippen LogP contribution >= 0.6 is 0 Å². The molecular formula is C11H6F3N3O2. The number of hydrogen-bond donors (Lipinski definition) is 1. The van der Waals surface area contributed by atoms with Gasteiger partial charge < -0.3 is 9.72 Å². The lowest BCUT2D eigenvalue weighted by molar-refractivity contribution is -0.274. The Labute approximate surface area is 104 Å². The zero-order chi connectivity index (χ0) is 14.0. The summed E-state index contributed by atoms with van der Waals surface area (Å²) < 4.78 is 39.8. The van der Waals surface area contributed by atoms with E-state index in [1.165, 1.54) is 6.07 Å². The number of aromatic amines is 1. The van der Waals surface area contributed by atoms with Crippen molar-refractivity contribution in [2.24, 2.45) is 0 Å². The van der Waals surface area contributed by atoms with Crippen LogP contribution in [0.4, 0.5) is 13.2 Å². The molecule has 0 aliphatic rings. The summed E-state index contributed by atoms with van der Waals surface area (Å²) >= 11 is 0. The third-order valence-electron chi connectivity index (χ3n) is 2.21. The summed E-state index contributed by atoms with van der Waals surface area (Å²) in [6.45, 7) is 0. The molecule has 98 valence electrons. The van der Waals surface area contributed by atoms with Gasteiger partial charge in [-0.15, -0.1) is 13.2 Å². The third kappa shape index (κ3) is 3.01. The zero-order valence-corrected chi connectivity index (χ0v) is 9.28. The van der Waals surface area contributed by atoms with Crippen molar-refractivity contribution in [3.05, 3.63) is 34.4 Å². The normalized spacial score (nSPS) is 11.3. The van der Waals surface area contributed by atoms with Crippen molar-refractivity contribution in [1.29, 1.82) is 5.26 Å². The van der Waals surface area contributed by atoms with Crippen molar-refractivity contribution in [2.45, 2.75) is 12.8 Å². The molecule has 0 atom stereocenters. The van der Waals surface area contributed by atoms with Crippen molar-refractivity contribution in [3.8, 4) is 11.8 Å². The molecule has 2 aromatic rings. The highest BCUT2D eigenvalue weighted by atomic mass is 19.4. The van der Waals surface area contributed by atoms with E-state index < -0.39 is 17.7 Å². The average molecular weight is 269 g/mol. The Bertz CT molecular complexity index is 716. The van der Waals surface area contributed by atoms with Gasteiger partial charge in [0.1, 0.15) is 11.6 Å². The molecule has 0 radical (unpaired) electrons. The molecule has 0 aliphatic heterocycles. The van der Waals surface area contributed by atoms with Crippen molar-refractivity contribution in [2.75, 3.05) is 0 Å². The molecule has 8 heteroatoms. The van der Waals surface area contributed by atoms with Gasteiger partial charge in [0.25, 0.3) is 5.56 Å². The van der Waals surface area contributed by atoms with Crippen LogP contribution in [0.3, 0.4) is 0 Å². The second kappa shape index (κ2) is 4.61. The number of nitrogens with zero attached hydrogens (tertiary/aromatic N) is 2. The molecule has 0 unspecified atom stereocenters. The summed E-state index contributed by atoms with van der Waals surface area (Å²) in [5.41, 5.74) is -0.425. The largest absolute Gasteiger partial charge is 0.573 e. The predicted molar refractivity (Wildman–Crippen MR) is 58.4 cm³/mol. The van der Waals surface area contributed by atoms with E-state index in [9.17, 15) is 18.0 Å². The molecule has 0 fully saturated rings. The number of aromatic nitrogens is 2. The molecule has 0 spiro atoms. The highest BCUT2D eigenvalue weighted by molar-refractivity contribution is 5.79. The molecule has 0 saturated carbocycles. The first-order valence-electron chi connectivity index (χ1n) is 5.05. The monoisotopic (exact) mass is 269 g/mol. The fourth-order valence-electron chi connectivity index (χ4n) is 1.52. The number of ether oxygens (including phenoxy) is 1. The van der Waals surface area contributed by atoms with E-state index in [1.54, 1.807) is 0 Å². The summed E-state index contributed by atoms with van der Waals surface area (Å²) in [5.74, 6) is -0.343. The molecule has 1 aromatic carbocycles. The number of fused-ring (bicyclic) bond motifs is 1. The van der Waals surface area contributed by atoms with Gasteiger partial charge >= 0.3 is 6.36 Å². The van der Waals surface area contributed by atoms with E-state index in [0.29, 0.717) is 0 Å². The van der Waals surface area contributed by atoms with E-state index in [-0.39, 0.29) is 23.1 Å². The predicted octanol–water partition coefficient (Wildman–Crippen LogP) is 1.89.